The zero-order valence-corrected chi connectivity index (χ0v) is 25.3. The van der Waals surface area contributed by atoms with Crippen LogP contribution in [0.3, 0.4) is 0 Å². The average molecular weight is 588 g/mol. The number of phenolic OH excluding ortho intramolecular Hbond substituents is 2. The molecule has 43 heavy (non-hydrogen) atoms. The number of hydrogen-bond acceptors (Lipinski definition) is 9. The van der Waals surface area contributed by atoms with Crippen LogP contribution >= 0.6 is 0 Å². The summed E-state index contributed by atoms with van der Waals surface area (Å²) in [6, 6.07) is 6.43. The average Bonchev–Trinajstić information content (AvgIpc) is 3.51. The van der Waals surface area contributed by atoms with Crippen LogP contribution in [0.1, 0.15) is 85.5 Å². The molecule has 3 atom stereocenters. The quantitative estimate of drug-likeness (QED) is 0.284. The lowest BCUT2D eigenvalue weighted by Gasteiger charge is -2.38. The van der Waals surface area contributed by atoms with Gasteiger partial charge in [-0.1, -0.05) is 19.9 Å². The molecule has 10 nitrogen and oxygen atoms in total. The largest absolute Gasteiger partial charge is 0.508 e. The molecule has 2 saturated heterocycles. The van der Waals surface area contributed by atoms with Crippen LogP contribution in [0.5, 0.6) is 11.5 Å². The van der Waals surface area contributed by atoms with Crippen molar-refractivity contribution in [3.63, 3.8) is 0 Å². The number of Topliss-reactive ketones (excluding diaryl/α,β-unsaturated/α-hetero) is 1. The third-order valence-electron chi connectivity index (χ3n) is 9.04. The predicted octanol–water partition coefficient (Wildman–Crippen LogP) is 4.81. The van der Waals surface area contributed by atoms with Gasteiger partial charge in [-0.25, -0.2) is 0 Å². The van der Waals surface area contributed by atoms with Crippen molar-refractivity contribution in [1.82, 2.24) is 16.0 Å². The van der Waals surface area contributed by atoms with Gasteiger partial charge in [0, 0.05) is 46.7 Å². The topological polar surface area (TPSA) is 148 Å². The van der Waals surface area contributed by atoms with Crippen LogP contribution < -0.4 is 16.0 Å². The SMILES string of the molecule is [CH2]C1(C(=O)C2CCNC(Cc3cc(C(=O)NCC)c(C4C=NN=N4)c(-c4cc(C(C)C)c(O)cc4O)c3)C2)CCNCC1. The van der Waals surface area contributed by atoms with Crippen molar-refractivity contribution in [1.29, 1.82) is 0 Å². The van der Waals surface area contributed by atoms with Gasteiger partial charge in [-0.05, 0) is 106 Å². The van der Waals surface area contributed by atoms with Crippen LogP contribution in [0, 0.1) is 18.3 Å². The Bertz CT molecular complexity index is 1420. The minimum atomic E-state index is -0.606. The van der Waals surface area contributed by atoms with E-state index in [4.69, 9.17) is 0 Å². The van der Waals surface area contributed by atoms with Crippen LogP contribution in [-0.4, -0.2) is 60.3 Å². The van der Waals surface area contributed by atoms with E-state index in [1.54, 1.807) is 12.3 Å². The van der Waals surface area contributed by atoms with Crippen molar-refractivity contribution in [2.75, 3.05) is 26.2 Å². The maximum absolute atomic E-state index is 13.6. The molecule has 1 radical (unpaired) electrons. The number of carbonyl (C=O) groups is 2. The number of aromatic hydroxyl groups is 2. The Balaban J connectivity index is 1.55. The molecule has 3 aliphatic rings. The lowest BCUT2D eigenvalue weighted by molar-refractivity contribution is -0.133. The molecule has 0 aromatic heterocycles. The van der Waals surface area contributed by atoms with Crippen molar-refractivity contribution in [3.8, 4) is 22.6 Å². The molecule has 2 aromatic carbocycles. The van der Waals surface area contributed by atoms with Crippen molar-refractivity contribution < 1.29 is 19.8 Å². The summed E-state index contributed by atoms with van der Waals surface area (Å²) >= 11 is 0. The summed E-state index contributed by atoms with van der Waals surface area (Å²) in [5.41, 5.74) is 3.19. The van der Waals surface area contributed by atoms with E-state index in [1.165, 1.54) is 6.07 Å². The van der Waals surface area contributed by atoms with E-state index in [2.05, 4.69) is 38.3 Å². The van der Waals surface area contributed by atoms with Gasteiger partial charge in [0.25, 0.3) is 5.91 Å². The first kappa shape index (κ1) is 30.8. The molecule has 5 N–H and O–H groups in total. The first-order valence-electron chi connectivity index (χ1n) is 15.4. The number of piperidine rings is 2. The van der Waals surface area contributed by atoms with E-state index in [9.17, 15) is 19.8 Å². The molecular formula is C33H43N6O4. The smallest absolute Gasteiger partial charge is 0.251 e. The highest BCUT2D eigenvalue weighted by Gasteiger charge is 2.40. The molecule has 3 aliphatic heterocycles. The molecule has 2 fully saturated rings. The fourth-order valence-electron chi connectivity index (χ4n) is 6.70. The Hall–Kier alpha value is -3.63. The summed E-state index contributed by atoms with van der Waals surface area (Å²) in [5.74, 6) is -0.141. The standard InChI is InChI=1S/C33H43N6O4/c1-5-35-32(43)26-14-20(12-22-15-21(6-9-36-22)31(42)33(4)7-10-34-11-8-33)13-25(30(26)27-18-37-39-38-27)24-16-23(19(2)3)28(40)17-29(24)41/h13-14,16-19,21-22,27,34,36,40-41H,4-12,15H2,1-3H3,(H,35,43). The maximum Gasteiger partial charge on any atom is 0.251 e. The monoisotopic (exact) mass is 587 g/mol. The zero-order chi connectivity index (χ0) is 30.7. The third kappa shape index (κ3) is 6.50. The van der Waals surface area contributed by atoms with Gasteiger partial charge < -0.3 is 26.2 Å². The highest BCUT2D eigenvalue weighted by molar-refractivity contribution is 6.00. The molecular weight excluding hydrogens is 544 g/mol. The molecule has 10 heteroatoms. The first-order chi connectivity index (χ1) is 20.6. The second-order valence-electron chi connectivity index (χ2n) is 12.4. The number of carbonyl (C=O) groups excluding carboxylic acids is 2. The molecule has 0 spiro atoms. The van der Waals surface area contributed by atoms with Gasteiger partial charge in [-0.2, -0.15) is 5.11 Å². The zero-order valence-electron chi connectivity index (χ0n) is 25.3. The number of nitrogens with one attached hydrogen (secondary N) is 3. The maximum atomic E-state index is 13.6. The van der Waals surface area contributed by atoms with Gasteiger partial charge in [-0.15, -0.1) is 5.10 Å². The van der Waals surface area contributed by atoms with E-state index in [0.29, 0.717) is 47.2 Å². The number of hydrogen-bond donors (Lipinski definition) is 5. The van der Waals surface area contributed by atoms with E-state index in [1.807, 2.05) is 32.9 Å². The molecule has 2 aromatic rings. The van der Waals surface area contributed by atoms with E-state index in [0.717, 1.165) is 44.5 Å². The molecule has 3 unspecified atom stereocenters. The van der Waals surface area contributed by atoms with Gasteiger partial charge in [-0.3, -0.25) is 9.59 Å². The molecule has 1 amide bonds. The Morgan fingerprint density at radius 3 is 2.53 bits per heavy atom. The molecule has 0 saturated carbocycles. The van der Waals surface area contributed by atoms with Crippen LogP contribution in [0.4, 0.5) is 0 Å². The van der Waals surface area contributed by atoms with Crippen molar-refractivity contribution >= 4 is 17.9 Å². The van der Waals surface area contributed by atoms with Gasteiger partial charge in [0.1, 0.15) is 23.3 Å². The molecule has 0 aliphatic carbocycles. The molecule has 0 bridgehead atoms. The summed E-state index contributed by atoms with van der Waals surface area (Å²) in [7, 11) is 0. The van der Waals surface area contributed by atoms with Crippen molar-refractivity contribution in [2.24, 2.45) is 26.8 Å². The lowest BCUT2D eigenvalue weighted by Crippen LogP contribution is -2.48. The van der Waals surface area contributed by atoms with Crippen molar-refractivity contribution in [2.45, 2.75) is 70.9 Å². The highest BCUT2D eigenvalue weighted by Crippen LogP contribution is 2.43. The fourth-order valence-corrected chi connectivity index (χ4v) is 6.70. The van der Waals surface area contributed by atoms with Gasteiger partial charge in [0.05, 0.1) is 6.21 Å². The molecule has 3 heterocycles. The number of nitrogens with zero attached hydrogens (tertiary/aromatic N) is 3. The van der Waals surface area contributed by atoms with E-state index >= 15 is 0 Å². The number of phenols is 2. The summed E-state index contributed by atoms with van der Waals surface area (Å²) in [6.07, 6.45) is 5.18. The van der Waals surface area contributed by atoms with Crippen LogP contribution in [0.25, 0.3) is 11.1 Å². The predicted molar refractivity (Wildman–Crippen MR) is 167 cm³/mol. The normalized spacial score (nSPS) is 23.0. The van der Waals surface area contributed by atoms with Crippen LogP contribution in [0.15, 0.2) is 39.7 Å². The van der Waals surface area contributed by atoms with Gasteiger partial charge in [0.2, 0.25) is 0 Å². The Morgan fingerprint density at radius 2 is 1.86 bits per heavy atom. The van der Waals surface area contributed by atoms with E-state index < -0.39 is 11.5 Å². The van der Waals surface area contributed by atoms with Crippen LogP contribution in [0.2, 0.25) is 0 Å². The molecule has 5 rings (SSSR count). The summed E-state index contributed by atoms with van der Waals surface area (Å²) < 4.78 is 0. The van der Waals surface area contributed by atoms with E-state index in [-0.39, 0.29) is 41.1 Å². The number of amides is 1. The Labute approximate surface area is 253 Å². The third-order valence-corrected chi connectivity index (χ3v) is 9.04. The lowest BCUT2D eigenvalue weighted by atomic mass is 9.70. The molecule has 229 valence electrons. The summed E-state index contributed by atoms with van der Waals surface area (Å²) in [4.78, 5) is 27.1. The Kier molecular flexibility index (Phi) is 9.27. The highest BCUT2D eigenvalue weighted by atomic mass is 16.3. The second-order valence-corrected chi connectivity index (χ2v) is 12.4. The Morgan fingerprint density at radius 1 is 1.09 bits per heavy atom. The van der Waals surface area contributed by atoms with Gasteiger partial charge in [0.15, 0.2) is 0 Å². The summed E-state index contributed by atoms with van der Waals surface area (Å²) in [6.45, 7) is 13.0. The van der Waals surface area contributed by atoms with Crippen molar-refractivity contribution in [3.05, 3.63) is 53.4 Å². The first-order valence-corrected chi connectivity index (χ1v) is 15.4. The number of rotatable bonds is 9. The van der Waals surface area contributed by atoms with Gasteiger partial charge >= 0.3 is 0 Å². The van der Waals surface area contributed by atoms with Crippen LogP contribution in [-0.2, 0) is 11.2 Å². The minimum absolute atomic E-state index is 0.00113. The number of ketones is 1. The second kappa shape index (κ2) is 12.9. The summed E-state index contributed by atoms with van der Waals surface area (Å²) in [5, 5.41) is 43.5. The minimum Gasteiger partial charge on any atom is -0.508 e. The number of benzene rings is 2. The fraction of sp³-hybridized carbons (Fsp3) is 0.515.